The Morgan fingerprint density at radius 1 is 1.12 bits per heavy atom. The maximum Gasteiger partial charge on any atom is 0.277 e. The lowest BCUT2D eigenvalue weighted by molar-refractivity contribution is 0.299. The van der Waals surface area contributed by atoms with Crippen molar-refractivity contribution in [2.24, 2.45) is 7.05 Å². The van der Waals surface area contributed by atoms with Crippen LogP contribution in [-0.2, 0) is 13.7 Å². The average molecular weight is 465 g/mol. The maximum absolute atomic E-state index is 13.3. The van der Waals surface area contributed by atoms with Crippen LogP contribution < -0.4 is 10.3 Å². The first kappa shape index (κ1) is 22.7. The molecule has 0 atom stereocenters. The fraction of sp³-hybridized carbons (Fsp3) is 0.292. The van der Waals surface area contributed by atoms with E-state index in [1.165, 1.54) is 0 Å². The molecule has 0 spiro atoms. The van der Waals surface area contributed by atoms with Crippen molar-refractivity contribution in [3.63, 3.8) is 0 Å². The van der Waals surface area contributed by atoms with Crippen molar-refractivity contribution in [1.29, 1.82) is 0 Å². The summed E-state index contributed by atoms with van der Waals surface area (Å²) in [6.07, 6.45) is 5.28. The van der Waals surface area contributed by atoms with Crippen LogP contribution >= 0.6 is 11.6 Å². The van der Waals surface area contributed by atoms with E-state index in [1.54, 1.807) is 27.7 Å². The topological polar surface area (TPSA) is 87.7 Å². The number of aromatic nitrogens is 6. The third kappa shape index (κ3) is 4.66. The minimum Gasteiger partial charge on any atom is -0.485 e. The Kier molecular flexibility index (Phi) is 6.29. The Bertz CT molecular complexity index is 1380. The Balaban J connectivity index is 1.73. The molecule has 4 rings (SSSR count). The summed E-state index contributed by atoms with van der Waals surface area (Å²) >= 11 is 6.44. The van der Waals surface area contributed by atoms with Crippen molar-refractivity contribution < 1.29 is 4.74 Å². The van der Waals surface area contributed by atoms with Crippen molar-refractivity contribution in [3.8, 4) is 22.8 Å². The highest BCUT2D eigenvalue weighted by Crippen LogP contribution is 2.27. The van der Waals surface area contributed by atoms with Crippen LogP contribution in [0.15, 0.2) is 47.7 Å². The molecule has 0 radical (unpaired) electrons. The molecule has 0 aliphatic rings. The molecule has 0 fully saturated rings. The molecule has 8 nitrogen and oxygen atoms in total. The first-order chi connectivity index (χ1) is 15.7. The molecular weight excluding hydrogens is 440 g/mol. The first-order valence-electron chi connectivity index (χ1n) is 10.6. The average Bonchev–Trinajstić information content (AvgIpc) is 3.21. The van der Waals surface area contributed by atoms with E-state index in [-0.39, 0.29) is 23.1 Å². The number of pyridine rings is 2. The second-order valence-corrected chi connectivity index (χ2v) is 8.56. The zero-order chi connectivity index (χ0) is 23.7. The third-order valence-electron chi connectivity index (χ3n) is 5.21. The SMILES string of the molecule is Cc1cnc(-c2ccnc(C(C)C)n2)cc1-n1c(C)cc(OCc2ccn(C)n2)c(Cl)c1=O. The minimum absolute atomic E-state index is 0.0124. The molecule has 0 unspecified atom stereocenters. The van der Waals surface area contributed by atoms with Crippen LogP contribution in [0.1, 0.15) is 42.5 Å². The smallest absolute Gasteiger partial charge is 0.277 e. The molecule has 0 saturated heterocycles. The number of nitrogens with zero attached hydrogens (tertiary/aromatic N) is 6. The lowest BCUT2D eigenvalue weighted by Crippen LogP contribution is -2.22. The maximum atomic E-state index is 13.3. The van der Waals surface area contributed by atoms with E-state index in [0.717, 1.165) is 17.1 Å². The van der Waals surface area contributed by atoms with Crippen molar-refractivity contribution in [1.82, 2.24) is 29.3 Å². The molecule has 0 aliphatic heterocycles. The highest BCUT2D eigenvalue weighted by atomic mass is 35.5. The van der Waals surface area contributed by atoms with E-state index >= 15 is 0 Å². The molecule has 0 saturated carbocycles. The number of aryl methyl sites for hydroxylation is 3. The Morgan fingerprint density at radius 3 is 2.61 bits per heavy atom. The van der Waals surface area contributed by atoms with Gasteiger partial charge in [0, 0.05) is 43.3 Å². The summed E-state index contributed by atoms with van der Waals surface area (Å²) in [4.78, 5) is 26.7. The zero-order valence-corrected chi connectivity index (χ0v) is 20.0. The Labute approximate surface area is 196 Å². The normalized spacial score (nSPS) is 11.2. The summed E-state index contributed by atoms with van der Waals surface area (Å²) in [6, 6.07) is 7.26. The van der Waals surface area contributed by atoms with Gasteiger partial charge in [-0.15, -0.1) is 0 Å². The molecule has 4 heterocycles. The summed E-state index contributed by atoms with van der Waals surface area (Å²) in [5.74, 6) is 1.25. The highest BCUT2D eigenvalue weighted by molar-refractivity contribution is 6.31. The minimum atomic E-state index is -0.363. The number of ether oxygens (including phenoxy) is 1. The predicted molar refractivity (Wildman–Crippen MR) is 127 cm³/mol. The monoisotopic (exact) mass is 464 g/mol. The number of hydrogen-bond acceptors (Lipinski definition) is 6. The molecule has 170 valence electrons. The van der Waals surface area contributed by atoms with Gasteiger partial charge >= 0.3 is 0 Å². The lowest BCUT2D eigenvalue weighted by atomic mass is 10.1. The Morgan fingerprint density at radius 2 is 1.91 bits per heavy atom. The largest absolute Gasteiger partial charge is 0.485 e. The van der Waals surface area contributed by atoms with E-state index < -0.39 is 0 Å². The fourth-order valence-electron chi connectivity index (χ4n) is 3.47. The molecule has 4 aromatic rings. The molecule has 0 bridgehead atoms. The van der Waals surface area contributed by atoms with Crippen LogP contribution in [0.3, 0.4) is 0 Å². The predicted octanol–water partition coefficient (Wildman–Crippen LogP) is 4.40. The van der Waals surface area contributed by atoms with Gasteiger partial charge in [-0.1, -0.05) is 25.4 Å². The van der Waals surface area contributed by atoms with Crippen LogP contribution in [0.25, 0.3) is 17.1 Å². The molecule has 0 N–H and O–H groups in total. The van der Waals surface area contributed by atoms with Gasteiger partial charge in [0.15, 0.2) is 0 Å². The van der Waals surface area contributed by atoms with Gasteiger partial charge in [-0.2, -0.15) is 5.10 Å². The molecule has 4 aromatic heterocycles. The van der Waals surface area contributed by atoms with Crippen LogP contribution in [0, 0.1) is 13.8 Å². The standard InChI is InChI=1S/C24H25ClN6O2/c1-14(2)23-26-8-6-18(28-23)19-11-20(15(3)12-27-19)31-16(4)10-21(22(25)24(31)32)33-13-17-7-9-30(5)29-17/h6-12,14H,13H2,1-5H3. The van der Waals surface area contributed by atoms with Crippen LogP contribution in [0.2, 0.25) is 5.02 Å². The lowest BCUT2D eigenvalue weighted by Gasteiger charge is -2.16. The van der Waals surface area contributed by atoms with Crippen LogP contribution in [0.5, 0.6) is 5.75 Å². The van der Waals surface area contributed by atoms with Gasteiger partial charge in [0.05, 0.1) is 22.8 Å². The molecular formula is C24H25ClN6O2. The van der Waals surface area contributed by atoms with Crippen molar-refractivity contribution >= 4 is 11.6 Å². The van der Waals surface area contributed by atoms with Crippen LogP contribution in [0.4, 0.5) is 0 Å². The molecule has 33 heavy (non-hydrogen) atoms. The zero-order valence-electron chi connectivity index (χ0n) is 19.2. The summed E-state index contributed by atoms with van der Waals surface area (Å²) in [5, 5.41) is 4.29. The van der Waals surface area contributed by atoms with E-state index in [1.807, 2.05) is 59.1 Å². The quantitative estimate of drug-likeness (QED) is 0.420. The van der Waals surface area contributed by atoms with Crippen molar-refractivity contribution in [2.75, 3.05) is 0 Å². The van der Waals surface area contributed by atoms with E-state index in [0.29, 0.717) is 28.5 Å². The summed E-state index contributed by atoms with van der Waals surface area (Å²) in [7, 11) is 1.83. The van der Waals surface area contributed by atoms with Gasteiger partial charge in [0.25, 0.3) is 5.56 Å². The van der Waals surface area contributed by atoms with Gasteiger partial charge in [-0.3, -0.25) is 19.0 Å². The van der Waals surface area contributed by atoms with Crippen molar-refractivity contribution in [2.45, 2.75) is 40.2 Å². The number of rotatable bonds is 6. The van der Waals surface area contributed by atoms with E-state index in [2.05, 4.69) is 20.1 Å². The molecule has 0 amide bonds. The van der Waals surface area contributed by atoms with Gasteiger partial charge in [-0.05, 0) is 37.6 Å². The molecule has 0 aromatic carbocycles. The Hall–Kier alpha value is -3.52. The van der Waals surface area contributed by atoms with Gasteiger partial charge < -0.3 is 4.74 Å². The first-order valence-corrected chi connectivity index (χ1v) is 11.0. The van der Waals surface area contributed by atoms with Gasteiger partial charge in [-0.25, -0.2) is 9.97 Å². The van der Waals surface area contributed by atoms with Gasteiger partial charge in [0.2, 0.25) is 0 Å². The summed E-state index contributed by atoms with van der Waals surface area (Å²) < 4.78 is 9.06. The van der Waals surface area contributed by atoms with E-state index in [4.69, 9.17) is 16.3 Å². The highest BCUT2D eigenvalue weighted by Gasteiger charge is 2.17. The number of halogens is 1. The molecule has 9 heteroatoms. The summed E-state index contributed by atoms with van der Waals surface area (Å²) in [5.41, 5.74) is 3.94. The van der Waals surface area contributed by atoms with E-state index in [9.17, 15) is 4.79 Å². The second kappa shape index (κ2) is 9.15. The third-order valence-corrected chi connectivity index (χ3v) is 5.56. The second-order valence-electron chi connectivity index (χ2n) is 8.18. The van der Waals surface area contributed by atoms with Crippen molar-refractivity contribution in [3.05, 3.63) is 81.0 Å². The summed E-state index contributed by atoms with van der Waals surface area (Å²) in [6.45, 7) is 8.03. The van der Waals surface area contributed by atoms with Gasteiger partial charge in [0.1, 0.15) is 23.2 Å². The molecule has 0 aliphatic carbocycles. The number of hydrogen-bond donors (Lipinski definition) is 0. The fourth-order valence-corrected chi connectivity index (χ4v) is 3.66. The van der Waals surface area contributed by atoms with Crippen LogP contribution in [-0.4, -0.2) is 29.3 Å².